The Morgan fingerprint density at radius 1 is 1.20 bits per heavy atom. The fourth-order valence-corrected chi connectivity index (χ4v) is 2.93. The van der Waals surface area contributed by atoms with Crippen LogP contribution in [0.2, 0.25) is 0 Å². The molecule has 0 radical (unpaired) electrons. The number of tetrazole rings is 1. The highest BCUT2D eigenvalue weighted by atomic mass is 32.2. The van der Waals surface area contributed by atoms with E-state index in [4.69, 9.17) is 0 Å². The normalized spacial score (nSPS) is 10.6. The number of carbonyl (C=O) groups is 1. The van der Waals surface area contributed by atoms with Gasteiger partial charge in [-0.3, -0.25) is 4.79 Å². The van der Waals surface area contributed by atoms with Gasteiger partial charge in [0.25, 0.3) is 0 Å². The number of nitrogens with zero attached hydrogens (tertiary/aromatic N) is 4. The summed E-state index contributed by atoms with van der Waals surface area (Å²) in [6.45, 7) is 2.51. The molecule has 0 unspecified atom stereocenters. The first-order valence-electron chi connectivity index (χ1n) is 7.65. The van der Waals surface area contributed by atoms with Crippen LogP contribution in [-0.4, -0.2) is 37.0 Å². The summed E-state index contributed by atoms with van der Waals surface area (Å²) in [5.74, 6) is 0.291. The molecule has 0 spiro atoms. The minimum atomic E-state index is -0.0893. The monoisotopic (exact) mass is 355 g/mol. The molecule has 3 rings (SSSR count). The summed E-state index contributed by atoms with van der Waals surface area (Å²) >= 11 is 1.25. The first kappa shape index (κ1) is 17.0. The highest BCUT2D eigenvalue weighted by Crippen LogP contribution is 2.19. The van der Waals surface area contributed by atoms with E-state index >= 15 is 0 Å². The molecule has 0 atom stereocenters. The number of aromatic hydroxyl groups is 1. The lowest BCUT2D eigenvalue weighted by molar-refractivity contribution is -0.118. The summed E-state index contributed by atoms with van der Waals surface area (Å²) in [7, 11) is 0. The van der Waals surface area contributed by atoms with Crippen molar-refractivity contribution in [3.63, 3.8) is 0 Å². The molecule has 0 aliphatic heterocycles. The van der Waals surface area contributed by atoms with Crippen LogP contribution in [0.3, 0.4) is 0 Å². The number of amides is 1. The third-order valence-corrected chi connectivity index (χ3v) is 4.52. The number of nitrogens with one attached hydrogen (secondary N) is 1. The van der Waals surface area contributed by atoms with Crippen molar-refractivity contribution in [1.29, 1.82) is 0 Å². The molecule has 1 heterocycles. The average Bonchev–Trinajstić information content (AvgIpc) is 3.08. The van der Waals surface area contributed by atoms with E-state index in [1.54, 1.807) is 24.3 Å². The van der Waals surface area contributed by atoms with E-state index in [1.807, 2.05) is 31.2 Å². The molecule has 0 fully saturated rings. The van der Waals surface area contributed by atoms with Crippen LogP contribution >= 0.6 is 11.8 Å². The molecule has 0 aliphatic carbocycles. The number of phenolic OH excluding ortho intramolecular Hbond substituents is 1. The molecule has 8 heteroatoms. The third kappa shape index (κ3) is 4.36. The van der Waals surface area contributed by atoms with Crippen molar-refractivity contribution in [1.82, 2.24) is 25.5 Å². The largest absolute Gasteiger partial charge is 0.508 e. The van der Waals surface area contributed by atoms with Gasteiger partial charge in [0.05, 0.1) is 11.4 Å². The zero-order valence-corrected chi connectivity index (χ0v) is 14.4. The fraction of sp³-hybridized carbons (Fsp3) is 0.176. The standard InChI is InChI=1S/C17H17N5O2S/c1-12-4-2-3-5-13(12)10-18-16(24)11-25-17-19-20-21-22(17)14-6-8-15(23)9-7-14/h2-9,23H,10-11H2,1H3,(H,18,24). The molecule has 0 saturated carbocycles. The second kappa shape index (κ2) is 7.80. The number of carbonyl (C=O) groups excluding carboxylic acids is 1. The van der Waals surface area contributed by atoms with E-state index in [9.17, 15) is 9.90 Å². The molecule has 7 nitrogen and oxygen atoms in total. The highest BCUT2D eigenvalue weighted by molar-refractivity contribution is 7.99. The van der Waals surface area contributed by atoms with E-state index in [1.165, 1.54) is 16.4 Å². The van der Waals surface area contributed by atoms with Crippen molar-refractivity contribution >= 4 is 17.7 Å². The zero-order chi connectivity index (χ0) is 17.6. The van der Waals surface area contributed by atoms with Gasteiger partial charge in [-0.05, 0) is 52.7 Å². The summed E-state index contributed by atoms with van der Waals surface area (Å²) in [6, 6.07) is 14.5. The fourth-order valence-electron chi connectivity index (χ4n) is 2.21. The van der Waals surface area contributed by atoms with Gasteiger partial charge >= 0.3 is 0 Å². The minimum Gasteiger partial charge on any atom is -0.508 e. The van der Waals surface area contributed by atoms with Gasteiger partial charge in [0.2, 0.25) is 11.1 Å². The number of aryl methyl sites for hydroxylation is 1. The number of thioether (sulfide) groups is 1. The molecule has 2 N–H and O–H groups in total. The Kier molecular flexibility index (Phi) is 5.30. The number of phenols is 1. The first-order chi connectivity index (χ1) is 12.1. The van der Waals surface area contributed by atoms with E-state index in [-0.39, 0.29) is 17.4 Å². The lowest BCUT2D eigenvalue weighted by atomic mass is 10.1. The van der Waals surface area contributed by atoms with Crippen molar-refractivity contribution < 1.29 is 9.90 Å². The summed E-state index contributed by atoms with van der Waals surface area (Å²) < 4.78 is 1.53. The quantitative estimate of drug-likeness (QED) is 0.658. The SMILES string of the molecule is Cc1ccccc1CNC(=O)CSc1nnnn1-c1ccc(O)cc1. The minimum absolute atomic E-state index is 0.0893. The molecule has 1 amide bonds. The van der Waals surface area contributed by atoms with Gasteiger partial charge in [-0.15, -0.1) is 5.10 Å². The maximum Gasteiger partial charge on any atom is 0.230 e. The molecule has 128 valence electrons. The highest BCUT2D eigenvalue weighted by Gasteiger charge is 2.11. The summed E-state index contributed by atoms with van der Waals surface area (Å²) in [5.41, 5.74) is 2.95. The number of rotatable bonds is 6. The molecule has 1 aromatic heterocycles. The van der Waals surface area contributed by atoms with Gasteiger partial charge in [-0.2, -0.15) is 4.68 Å². The van der Waals surface area contributed by atoms with Crippen LogP contribution in [0, 0.1) is 6.92 Å². The Labute approximate surface area is 149 Å². The van der Waals surface area contributed by atoms with Gasteiger partial charge in [0.15, 0.2) is 0 Å². The van der Waals surface area contributed by atoms with Gasteiger partial charge in [-0.25, -0.2) is 0 Å². The average molecular weight is 355 g/mol. The summed E-state index contributed by atoms with van der Waals surface area (Å²) in [4.78, 5) is 12.1. The van der Waals surface area contributed by atoms with Gasteiger partial charge in [0, 0.05) is 6.54 Å². The van der Waals surface area contributed by atoms with Crippen LogP contribution in [0.25, 0.3) is 5.69 Å². The predicted molar refractivity (Wildman–Crippen MR) is 94.6 cm³/mol. The van der Waals surface area contributed by atoms with Crippen molar-refractivity contribution in [3.05, 3.63) is 59.7 Å². The smallest absolute Gasteiger partial charge is 0.230 e. The van der Waals surface area contributed by atoms with Crippen LogP contribution in [0.15, 0.2) is 53.7 Å². The molecule has 0 bridgehead atoms. The predicted octanol–water partition coefficient (Wildman–Crippen LogP) is 2.08. The first-order valence-corrected chi connectivity index (χ1v) is 8.64. The van der Waals surface area contributed by atoms with Crippen LogP contribution in [-0.2, 0) is 11.3 Å². The Hall–Kier alpha value is -2.87. The molecular weight excluding hydrogens is 338 g/mol. The summed E-state index contributed by atoms with van der Waals surface area (Å²) in [6.07, 6.45) is 0. The lowest BCUT2D eigenvalue weighted by Crippen LogP contribution is -2.25. The number of benzene rings is 2. The van der Waals surface area contributed by atoms with E-state index in [0.29, 0.717) is 17.4 Å². The van der Waals surface area contributed by atoms with E-state index in [0.717, 1.165) is 11.1 Å². The molecule has 25 heavy (non-hydrogen) atoms. The summed E-state index contributed by atoms with van der Waals surface area (Å²) in [5, 5.41) is 24.3. The van der Waals surface area contributed by atoms with Gasteiger partial charge < -0.3 is 10.4 Å². The Balaban J connectivity index is 1.57. The van der Waals surface area contributed by atoms with Crippen molar-refractivity contribution in [3.8, 4) is 11.4 Å². The maximum atomic E-state index is 12.1. The van der Waals surface area contributed by atoms with E-state index < -0.39 is 0 Å². The van der Waals surface area contributed by atoms with Crippen molar-refractivity contribution in [2.24, 2.45) is 0 Å². The van der Waals surface area contributed by atoms with Crippen LogP contribution in [0.5, 0.6) is 5.75 Å². The topological polar surface area (TPSA) is 92.9 Å². The van der Waals surface area contributed by atoms with Crippen LogP contribution < -0.4 is 5.32 Å². The van der Waals surface area contributed by atoms with Crippen LogP contribution in [0.1, 0.15) is 11.1 Å². The van der Waals surface area contributed by atoms with Crippen molar-refractivity contribution in [2.75, 3.05) is 5.75 Å². The molecule has 2 aromatic carbocycles. The molecule has 3 aromatic rings. The number of hydrogen-bond donors (Lipinski definition) is 2. The second-order valence-corrected chi connectivity index (χ2v) is 6.32. The van der Waals surface area contributed by atoms with Crippen LogP contribution in [0.4, 0.5) is 0 Å². The Bertz CT molecular complexity index is 863. The second-order valence-electron chi connectivity index (χ2n) is 5.38. The Morgan fingerprint density at radius 3 is 2.72 bits per heavy atom. The van der Waals surface area contributed by atoms with Crippen molar-refractivity contribution in [2.45, 2.75) is 18.6 Å². The molecule has 0 aliphatic rings. The van der Waals surface area contributed by atoms with Gasteiger partial charge in [0.1, 0.15) is 5.75 Å². The lowest BCUT2D eigenvalue weighted by Gasteiger charge is -2.08. The maximum absolute atomic E-state index is 12.1. The molecular formula is C17H17N5O2S. The zero-order valence-electron chi connectivity index (χ0n) is 13.6. The Morgan fingerprint density at radius 2 is 1.96 bits per heavy atom. The molecule has 0 saturated heterocycles. The number of aromatic nitrogens is 4. The number of hydrogen-bond acceptors (Lipinski definition) is 6. The van der Waals surface area contributed by atoms with E-state index in [2.05, 4.69) is 20.8 Å². The van der Waals surface area contributed by atoms with Gasteiger partial charge in [-0.1, -0.05) is 36.0 Å². The third-order valence-electron chi connectivity index (χ3n) is 3.60.